The van der Waals surface area contributed by atoms with Crippen molar-refractivity contribution in [1.29, 1.82) is 0 Å². The number of nitrogens with zero attached hydrogens (tertiary/aromatic N) is 1. The second kappa shape index (κ2) is 9.73. The lowest BCUT2D eigenvalue weighted by molar-refractivity contribution is -0.120. The molecular formula is C22H25N3O4. The molecule has 2 N–H and O–H groups in total. The minimum absolute atomic E-state index is 0.102. The van der Waals surface area contributed by atoms with Gasteiger partial charge in [-0.3, -0.25) is 14.4 Å². The van der Waals surface area contributed by atoms with Crippen LogP contribution in [0, 0.1) is 6.92 Å². The number of anilines is 1. The molecule has 3 rings (SSSR count). The summed E-state index contributed by atoms with van der Waals surface area (Å²) in [5.74, 6) is 0.225. The number of hydrogen-bond acceptors (Lipinski definition) is 4. The predicted octanol–water partition coefficient (Wildman–Crippen LogP) is 2.05. The maximum absolute atomic E-state index is 12.2. The summed E-state index contributed by atoms with van der Waals surface area (Å²) in [4.78, 5) is 37.5. The van der Waals surface area contributed by atoms with Crippen LogP contribution in [-0.2, 0) is 9.59 Å². The molecule has 0 bridgehead atoms. The van der Waals surface area contributed by atoms with E-state index in [1.165, 1.54) is 0 Å². The van der Waals surface area contributed by atoms with Gasteiger partial charge in [-0.05, 0) is 49.7 Å². The monoisotopic (exact) mass is 395 g/mol. The minimum atomic E-state index is -0.338. The third-order valence-electron chi connectivity index (χ3n) is 4.64. The first-order chi connectivity index (χ1) is 14.0. The van der Waals surface area contributed by atoms with Crippen LogP contribution in [0.4, 0.5) is 5.69 Å². The Morgan fingerprint density at radius 3 is 2.41 bits per heavy atom. The van der Waals surface area contributed by atoms with E-state index >= 15 is 0 Å². The zero-order valence-corrected chi connectivity index (χ0v) is 16.4. The van der Waals surface area contributed by atoms with Gasteiger partial charge in [0.15, 0.2) is 0 Å². The fraction of sp³-hybridized carbons (Fsp3) is 0.318. The Labute approximate surface area is 170 Å². The van der Waals surface area contributed by atoms with Gasteiger partial charge in [-0.25, -0.2) is 0 Å². The Morgan fingerprint density at radius 2 is 1.76 bits per heavy atom. The van der Waals surface area contributed by atoms with E-state index in [9.17, 15) is 14.4 Å². The molecule has 0 spiro atoms. The molecule has 1 heterocycles. The van der Waals surface area contributed by atoms with Gasteiger partial charge in [0.2, 0.25) is 11.8 Å². The number of nitrogens with one attached hydrogen (secondary N) is 2. The van der Waals surface area contributed by atoms with Crippen LogP contribution in [0.15, 0.2) is 48.5 Å². The molecule has 0 atom stereocenters. The second-order valence-electron chi connectivity index (χ2n) is 6.89. The van der Waals surface area contributed by atoms with Gasteiger partial charge in [0.1, 0.15) is 12.4 Å². The van der Waals surface area contributed by atoms with E-state index < -0.39 is 0 Å². The highest BCUT2D eigenvalue weighted by Crippen LogP contribution is 2.21. The smallest absolute Gasteiger partial charge is 0.251 e. The molecule has 2 aromatic rings. The van der Waals surface area contributed by atoms with E-state index in [-0.39, 0.29) is 24.3 Å². The van der Waals surface area contributed by atoms with Gasteiger partial charge in [0.05, 0.1) is 13.1 Å². The first-order valence-corrected chi connectivity index (χ1v) is 9.68. The molecule has 0 aliphatic carbocycles. The van der Waals surface area contributed by atoms with Gasteiger partial charge in [-0.15, -0.1) is 0 Å². The first-order valence-electron chi connectivity index (χ1n) is 9.68. The van der Waals surface area contributed by atoms with Crippen LogP contribution in [0.25, 0.3) is 0 Å². The Kier molecular flexibility index (Phi) is 6.84. The lowest BCUT2D eigenvalue weighted by atomic mass is 10.2. The summed E-state index contributed by atoms with van der Waals surface area (Å²) >= 11 is 0. The number of aryl methyl sites for hydroxylation is 1. The summed E-state index contributed by atoms with van der Waals surface area (Å²) in [6, 6.07) is 14.5. The molecular weight excluding hydrogens is 370 g/mol. The van der Waals surface area contributed by atoms with Crippen molar-refractivity contribution in [3.63, 3.8) is 0 Å². The van der Waals surface area contributed by atoms with Crippen molar-refractivity contribution < 1.29 is 19.1 Å². The number of hydrogen-bond donors (Lipinski definition) is 2. The van der Waals surface area contributed by atoms with E-state index in [1.54, 1.807) is 29.2 Å². The van der Waals surface area contributed by atoms with Crippen LogP contribution in [0.1, 0.15) is 28.8 Å². The van der Waals surface area contributed by atoms with Crippen LogP contribution < -0.4 is 20.3 Å². The Hall–Kier alpha value is -3.35. The quantitative estimate of drug-likeness (QED) is 0.670. The van der Waals surface area contributed by atoms with Crippen molar-refractivity contribution in [2.75, 3.05) is 31.1 Å². The van der Waals surface area contributed by atoms with Crippen molar-refractivity contribution in [3.05, 3.63) is 59.7 Å². The highest BCUT2D eigenvalue weighted by molar-refractivity contribution is 5.98. The van der Waals surface area contributed by atoms with E-state index in [0.29, 0.717) is 31.7 Å². The SMILES string of the molecule is Cc1ccc(OCCNC(=O)CNC(=O)c2ccc(N3CCCC3=O)cc2)cc1. The van der Waals surface area contributed by atoms with E-state index in [2.05, 4.69) is 10.6 Å². The fourth-order valence-corrected chi connectivity index (χ4v) is 3.03. The highest BCUT2D eigenvalue weighted by atomic mass is 16.5. The molecule has 1 fully saturated rings. The predicted molar refractivity (Wildman–Crippen MR) is 110 cm³/mol. The number of ether oxygens (including phenoxy) is 1. The lowest BCUT2D eigenvalue weighted by Crippen LogP contribution is -2.38. The molecule has 1 aliphatic heterocycles. The van der Waals surface area contributed by atoms with Gasteiger partial charge in [0, 0.05) is 24.2 Å². The third kappa shape index (κ3) is 5.81. The summed E-state index contributed by atoms with van der Waals surface area (Å²) in [5.41, 5.74) is 2.38. The van der Waals surface area contributed by atoms with Crippen molar-refractivity contribution in [2.45, 2.75) is 19.8 Å². The number of carbonyl (C=O) groups excluding carboxylic acids is 3. The molecule has 0 saturated carbocycles. The largest absolute Gasteiger partial charge is 0.492 e. The topological polar surface area (TPSA) is 87.7 Å². The second-order valence-corrected chi connectivity index (χ2v) is 6.89. The molecule has 3 amide bonds. The van der Waals surface area contributed by atoms with E-state index in [0.717, 1.165) is 23.4 Å². The summed E-state index contributed by atoms with van der Waals surface area (Å²) in [5, 5.41) is 5.29. The molecule has 2 aromatic carbocycles. The molecule has 29 heavy (non-hydrogen) atoms. The maximum Gasteiger partial charge on any atom is 0.251 e. The number of benzene rings is 2. The number of amides is 3. The fourth-order valence-electron chi connectivity index (χ4n) is 3.03. The normalized spacial score (nSPS) is 13.3. The summed E-state index contributed by atoms with van der Waals surface area (Å²) in [7, 11) is 0. The Morgan fingerprint density at radius 1 is 1.03 bits per heavy atom. The molecule has 0 radical (unpaired) electrons. The zero-order chi connectivity index (χ0) is 20.6. The average molecular weight is 395 g/mol. The minimum Gasteiger partial charge on any atom is -0.492 e. The molecule has 1 saturated heterocycles. The van der Waals surface area contributed by atoms with Gasteiger partial charge in [-0.1, -0.05) is 17.7 Å². The molecule has 0 aromatic heterocycles. The van der Waals surface area contributed by atoms with E-state index in [4.69, 9.17) is 4.74 Å². The third-order valence-corrected chi connectivity index (χ3v) is 4.64. The van der Waals surface area contributed by atoms with Crippen LogP contribution in [-0.4, -0.2) is 44.0 Å². The van der Waals surface area contributed by atoms with Gasteiger partial charge in [0.25, 0.3) is 5.91 Å². The summed E-state index contributed by atoms with van der Waals surface area (Å²) in [6.07, 6.45) is 1.42. The van der Waals surface area contributed by atoms with Crippen molar-refractivity contribution in [3.8, 4) is 5.75 Å². The Balaban J connectivity index is 1.36. The van der Waals surface area contributed by atoms with Gasteiger partial charge < -0.3 is 20.3 Å². The van der Waals surface area contributed by atoms with Crippen LogP contribution in [0.5, 0.6) is 5.75 Å². The number of rotatable bonds is 8. The molecule has 1 aliphatic rings. The maximum atomic E-state index is 12.2. The van der Waals surface area contributed by atoms with Crippen molar-refractivity contribution in [2.24, 2.45) is 0 Å². The first kappa shape index (κ1) is 20.4. The van der Waals surface area contributed by atoms with Crippen molar-refractivity contribution >= 4 is 23.4 Å². The molecule has 0 unspecified atom stereocenters. The Bertz CT molecular complexity index is 863. The molecule has 7 heteroatoms. The average Bonchev–Trinajstić information content (AvgIpc) is 3.16. The zero-order valence-electron chi connectivity index (χ0n) is 16.4. The van der Waals surface area contributed by atoms with Crippen molar-refractivity contribution in [1.82, 2.24) is 10.6 Å². The van der Waals surface area contributed by atoms with E-state index in [1.807, 2.05) is 31.2 Å². The summed E-state index contributed by atoms with van der Waals surface area (Å²) < 4.78 is 5.54. The van der Waals surface area contributed by atoms with Crippen LogP contribution in [0.3, 0.4) is 0 Å². The summed E-state index contributed by atoms with van der Waals surface area (Å²) in [6.45, 7) is 3.29. The standard InChI is InChI=1S/C22H25N3O4/c1-16-4-10-19(11-5-16)29-14-12-23-20(26)15-24-22(28)17-6-8-18(9-7-17)25-13-2-3-21(25)27/h4-11H,2-3,12-15H2,1H3,(H,23,26)(H,24,28). The van der Waals surface area contributed by atoms with Crippen LogP contribution in [0.2, 0.25) is 0 Å². The molecule has 7 nitrogen and oxygen atoms in total. The van der Waals surface area contributed by atoms with Crippen LogP contribution >= 0.6 is 0 Å². The van der Waals surface area contributed by atoms with Gasteiger partial charge >= 0.3 is 0 Å². The van der Waals surface area contributed by atoms with Gasteiger partial charge in [-0.2, -0.15) is 0 Å². The highest BCUT2D eigenvalue weighted by Gasteiger charge is 2.21. The number of carbonyl (C=O) groups is 3. The lowest BCUT2D eigenvalue weighted by Gasteiger charge is -2.15. The molecule has 152 valence electrons.